The summed E-state index contributed by atoms with van der Waals surface area (Å²) >= 11 is 0. The summed E-state index contributed by atoms with van der Waals surface area (Å²) in [6.45, 7) is 2.90. The van der Waals surface area contributed by atoms with Gasteiger partial charge in [0.1, 0.15) is 11.9 Å². The maximum absolute atomic E-state index is 5.88. The lowest BCUT2D eigenvalue weighted by molar-refractivity contribution is 0.235. The molecule has 1 aliphatic rings. The zero-order valence-electron chi connectivity index (χ0n) is 12.7. The summed E-state index contributed by atoms with van der Waals surface area (Å²) in [6, 6.07) is 8.12. The van der Waals surface area contributed by atoms with Crippen LogP contribution in [-0.4, -0.2) is 35.8 Å². The smallest absolute Gasteiger partial charge is 0.223 e. The fraction of sp³-hybridized carbons (Fsp3) is 0.400. The molecule has 0 saturated carbocycles. The van der Waals surface area contributed by atoms with E-state index in [2.05, 4.69) is 31.8 Å². The van der Waals surface area contributed by atoms with E-state index in [4.69, 9.17) is 9.26 Å². The van der Waals surface area contributed by atoms with Crippen LogP contribution in [-0.2, 0) is 13.0 Å². The molecule has 7 nitrogen and oxygen atoms in total. The van der Waals surface area contributed by atoms with Crippen LogP contribution in [0.25, 0.3) is 0 Å². The van der Waals surface area contributed by atoms with Crippen LogP contribution >= 0.6 is 0 Å². The Morgan fingerprint density at radius 3 is 2.95 bits per heavy atom. The quantitative estimate of drug-likeness (QED) is 0.648. The Morgan fingerprint density at radius 1 is 1.36 bits per heavy atom. The number of ether oxygens (including phenoxy) is 1. The number of fused-ring (bicyclic) bond motifs is 1. The van der Waals surface area contributed by atoms with Crippen molar-refractivity contribution in [1.29, 1.82) is 0 Å². The van der Waals surface area contributed by atoms with Crippen LogP contribution in [0.2, 0.25) is 0 Å². The van der Waals surface area contributed by atoms with E-state index >= 15 is 0 Å². The number of aromatic nitrogens is 2. The molecule has 1 unspecified atom stereocenters. The highest BCUT2D eigenvalue weighted by Crippen LogP contribution is 2.27. The summed E-state index contributed by atoms with van der Waals surface area (Å²) in [5, 5.41) is 10.2. The molecule has 116 valence electrons. The first-order valence-electron chi connectivity index (χ1n) is 7.23. The van der Waals surface area contributed by atoms with Crippen LogP contribution in [0.1, 0.15) is 17.3 Å². The lowest BCUT2D eigenvalue weighted by atomic mass is 10.1. The summed E-state index contributed by atoms with van der Waals surface area (Å²) in [6.07, 6.45) is 1.02. The molecule has 1 aromatic carbocycles. The maximum Gasteiger partial charge on any atom is 0.223 e. The first-order valence-corrected chi connectivity index (χ1v) is 7.23. The van der Waals surface area contributed by atoms with Crippen molar-refractivity contribution >= 4 is 5.96 Å². The zero-order chi connectivity index (χ0) is 15.4. The van der Waals surface area contributed by atoms with Crippen LogP contribution in [0.15, 0.2) is 33.8 Å². The molecule has 0 saturated heterocycles. The zero-order valence-corrected chi connectivity index (χ0v) is 12.7. The third-order valence-corrected chi connectivity index (χ3v) is 3.42. The summed E-state index contributed by atoms with van der Waals surface area (Å²) in [5.74, 6) is 2.81. The molecule has 2 aromatic rings. The SMILES string of the molecule is CN=C(NCc1noc(C)n1)NCC1Cc2ccccc2O1. The molecule has 3 rings (SSSR count). The maximum atomic E-state index is 5.88. The van der Waals surface area contributed by atoms with Crippen molar-refractivity contribution in [2.45, 2.75) is 26.0 Å². The van der Waals surface area contributed by atoms with Gasteiger partial charge >= 0.3 is 0 Å². The number of hydrogen-bond donors (Lipinski definition) is 2. The second-order valence-corrected chi connectivity index (χ2v) is 5.09. The molecule has 1 aromatic heterocycles. The number of benzene rings is 1. The fourth-order valence-electron chi connectivity index (χ4n) is 2.37. The number of hydrogen-bond acceptors (Lipinski definition) is 5. The first kappa shape index (κ1) is 14.4. The molecular weight excluding hydrogens is 282 g/mol. The molecule has 1 aliphatic heterocycles. The molecule has 2 heterocycles. The van der Waals surface area contributed by atoms with Crippen LogP contribution < -0.4 is 15.4 Å². The Hall–Kier alpha value is -2.57. The molecule has 0 radical (unpaired) electrons. The van der Waals surface area contributed by atoms with Gasteiger partial charge in [-0.15, -0.1) is 0 Å². The van der Waals surface area contributed by atoms with Gasteiger partial charge in [0, 0.05) is 20.4 Å². The number of aliphatic imine (C=N–C) groups is 1. The molecule has 0 fully saturated rings. The van der Waals surface area contributed by atoms with Gasteiger partial charge in [-0.25, -0.2) is 0 Å². The van der Waals surface area contributed by atoms with Crippen molar-refractivity contribution < 1.29 is 9.26 Å². The first-order chi connectivity index (χ1) is 10.7. The summed E-state index contributed by atoms with van der Waals surface area (Å²) in [4.78, 5) is 8.31. The van der Waals surface area contributed by atoms with Gasteiger partial charge < -0.3 is 19.9 Å². The lowest BCUT2D eigenvalue weighted by Crippen LogP contribution is -2.42. The third kappa shape index (κ3) is 3.36. The summed E-state index contributed by atoms with van der Waals surface area (Å²) in [5.41, 5.74) is 1.25. The Bertz CT molecular complexity index is 642. The van der Waals surface area contributed by atoms with E-state index in [0.717, 1.165) is 12.2 Å². The monoisotopic (exact) mass is 301 g/mol. The molecule has 0 aliphatic carbocycles. The predicted octanol–water partition coefficient (Wildman–Crippen LogP) is 1.05. The van der Waals surface area contributed by atoms with Gasteiger partial charge in [-0.05, 0) is 11.6 Å². The van der Waals surface area contributed by atoms with Gasteiger partial charge in [-0.2, -0.15) is 4.98 Å². The largest absolute Gasteiger partial charge is 0.488 e. The van der Waals surface area contributed by atoms with Gasteiger partial charge in [0.05, 0.1) is 13.1 Å². The molecular formula is C15H19N5O2. The van der Waals surface area contributed by atoms with Crippen molar-refractivity contribution in [2.75, 3.05) is 13.6 Å². The van der Waals surface area contributed by atoms with Crippen molar-refractivity contribution in [3.05, 3.63) is 41.5 Å². The number of rotatable bonds is 4. The highest BCUT2D eigenvalue weighted by molar-refractivity contribution is 5.79. The van der Waals surface area contributed by atoms with E-state index in [0.29, 0.717) is 30.8 Å². The van der Waals surface area contributed by atoms with Crippen LogP contribution in [0.3, 0.4) is 0 Å². The third-order valence-electron chi connectivity index (χ3n) is 3.42. The Kier molecular flexibility index (Phi) is 4.22. The number of nitrogens with one attached hydrogen (secondary N) is 2. The Labute approximate surface area is 128 Å². The molecule has 22 heavy (non-hydrogen) atoms. The van der Waals surface area contributed by atoms with Crippen molar-refractivity contribution in [1.82, 2.24) is 20.8 Å². The highest BCUT2D eigenvalue weighted by atomic mass is 16.5. The molecule has 0 spiro atoms. The van der Waals surface area contributed by atoms with Crippen LogP contribution in [0.5, 0.6) is 5.75 Å². The highest BCUT2D eigenvalue weighted by Gasteiger charge is 2.22. The minimum absolute atomic E-state index is 0.114. The van der Waals surface area contributed by atoms with E-state index in [-0.39, 0.29) is 6.10 Å². The minimum atomic E-state index is 0.114. The molecule has 7 heteroatoms. The molecule has 0 bridgehead atoms. The molecule has 1 atom stereocenters. The van der Waals surface area contributed by atoms with Gasteiger partial charge in [0.2, 0.25) is 5.89 Å². The Balaban J connectivity index is 1.46. The van der Waals surface area contributed by atoms with Crippen molar-refractivity contribution in [2.24, 2.45) is 4.99 Å². The van der Waals surface area contributed by atoms with E-state index < -0.39 is 0 Å². The van der Waals surface area contributed by atoms with E-state index in [1.807, 2.05) is 18.2 Å². The van der Waals surface area contributed by atoms with Crippen LogP contribution in [0.4, 0.5) is 0 Å². The predicted molar refractivity (Wildman–Crippen MR) is 81.8 cm³/mol. The number of para-hydroxylation sites is 1. The topological polar surface area (TPSA) is 84.6 Å². The second-order valence-electron chi connectivity index (χ2n) is 5.09. The van der Waals surface area contributed by atoms with E-state index in [1.165, 1.54) is 5.56 Å². The van der Waals surface area contributed by atoms with Gasteiger partial charge in [0.15, 0.2) is 11.8 Å². The average molecular weight is 301 g/mol. The normalized spacial score (nSPS) is 17.0. The van der Waals surface area contributed by atoms with E-state index in [9.17, 15) is 0 Å². The van der Waals surface area contributed by atoms with Crippen molar-refractivity contribution in [3.8, 4) is 5.75 Å². The summed E-state index contributed by atoms with van der Waals surface area (Å²) in [7, 11) is 1.72. The summed E-state index contributed by atoms with van der Waals surface area (Å²) < 4.78 is 10.8. The minimum Gasteiger partial charge on any atom is -0.488 e. The number of guanidine groups is 1. The lowest BCUT2D eigenvalue weighted by Gasteiger charge is -2.14. The van der Waals surface area contributed by atoms with E-state index in [1.54, 1.807) is 14.0 Å². The fourth-order valence-corrected chi connectivity index (χ4v) is 2.37. The number of nitrogens with zero attached hydrogens (tertiary/aromatic N) is 3. The standard InChI is InChI=1S/C15H19N5O2/c1-10-19-14(20-22-10)9-18-15(16-2)17-8-12-7-11-5-3-4-6-13(11)21-12/h3-6,12H,7-9H2,1-2H3,(H2,16,17,18). The van der Waals surface area contributed by atoms with Crippen LogP contribution in [0, 0.1) is 6.92 Å². The van der Waals surface area contributed by atoms with Crippen molar-refractivity contribution in [3.63, 3.8) is 0 Å². The average Bonchev–Trinajstić information content (AvgIpc) is 3.13. The number of aryl methyl sites for hydroxylation is 1. The second kappa shape index (κ2) is 6.46. The molecule has 2 N–H and O–H groups in total. The van der Waals surface area contributed by atoms with Gasteiger partial charge in [-0.1, -0.05) is 23.4 Å². The van der Waals surface area contributed by atoms with Gasteiger partial charge in [-0.3, -0.25) is 4.99 Å². The molecule has 0 amide bonds. The Morgan fingerprint density at radius 2 is 2.23 bits per heavy atom. The van der Waals surface area contributed by atoms with Gasteiger partial charge in [0.25, 0.3) is 0 Å².